The van der Waals surface area contributed by atoms with Gasteiger partial charge in [0.05, 0.1) is 0 Å². The monoisotopic (exact) mass is 281 g/mol. The normalized spacial score (nSPS) is 29.6. The second kappa shape index (κ2) is 7.24. The first-order valence-electron chi connectivity index (χ1n) is 8.73. The van der Waals surface area contributed by atoms with E-state index in [0.717, 1.165) is 18.4 Å². The molecule has 0 aromatic carbocycles. The van der Waals surface area contributed by atoms with E-state index < -0.39 is 0 Å². The van der Waals surface area contributed by atoms with Crippen LogP contribution in [-0.4, -0.2) is 54.6 Å². The van der Waals surface area contributed by atoms with Crippen LogP contribution in [0.15, 0.2) is 0 Å². The van der Waals surface area contributed by atoms with E-state index in [1.54, 1.807) is 0 Å². The molecule has 0 amide bonds. The second-order valence-electron chi connectivity index (χ2n) is 7.65. The van der Waals surface area contributed by atoms with Gasteiger partial charge in [-0.3, -0.25) is 4.90 Å². The summed E-state index contributed by atoms with van der Waals surface area (Å²) in [6.45, 7) is 14.2. The van der Waals surface area contributed by atoms with Crippen LogP contribution in [0.4, 0.5) is 0 Å². The van der Waals surface area contributed by atoms with Gasteiger partial charge in [0, 0.05) is 18.6 Å². The van der Waals surface area contributed by atoms with Crippen LogP contribution >= 0.6 is 0 Å². The molecule has 3 heteroatoms. The fourth-order valence-corrected chi connectivity index (χ4v) is 4.05. The first-order valence-corrected chi connectivity index (χ1v) is 8.73. The fourth-order valence-electron chi connectivity index (χ4n) is 4.05. The van der Waals surface area contributed by atoms with Crippen molar-refractivity contribution in [2.75, 3.05) is 39.3 Å². The van der Waals surface area contributed by atoms with Crippen molar-refractivity contribution in [2.45, 2.75) is 58.4 Å². The third kappa shape index (κ3) is 3.96. The third-order valence-electron chi connectivity index (χ3n) is 5.48. The van der Waals surface area contributed by atoms with Crippen LogP contribution in [0.3, 0.4) is 0 Å². The van der Waals surface area contributed by atoms with Crippen molar-refractivity contribution < 1.29 is 0 Å². The summed E-state index contributed by atoms with van der Waals surface area (Å²) in [5, 5.41) is 0. The molecule has 2 aliphatic heterocycles. The predicted molar refractivity (Wildman–Crippen MR) is 86.9 cm³/mol. The molecule has 0 spiro atoms. The average Bonchev–Trinajstić information content (AvgIpc) is 2.65. The number of piperidine rings is 1. The predicted octanol–water partition coefficient (Wildman–Crippen LogP) is 2.56. The Morgan fingerprint density at radius 3 is 2.40 bits per heavy atom. The molecule has 1 atom stereocenters. The number of likely N-dealkylation sites (tertiary alicyclic amines) is 2. The van der Waals surface area contributed by atoms with Crippen molar-refractivity contribution in [3.05, 3.63) is 0 Å². The van der Waals surface area contributed by atoms with Gasteiger partial charge in [0.25, 0.3) is 0 Å². The smallest absolute Gasteiger partial charge is 0.0356 e. The minimum atomic E-state index is 0.303. The lowest BCUT2D eigenvalue weighted by molar-refractivity contribution is 0.0252. The van der Waals surface area contributed by atoms with Crippen molar-refractivity contribution in [3.8, 4) is 0 Å². The van der Waals surface area contributed by atoms with Gasteiger partial charge in [0.15, 0.2) is 0 Å². The molecule has 3 nitrogen and oxygen atoms in total. The van der Waals surface area contributed by atoms with Gasteiger partial charge >= 0.3 is 0 Å². The summed E-state index contributed by atoms with van der Waals surface area (Å²) in [6.07, 6.45) is 6.65. The van der Waals surface area contributed by atoms with Gasteiger partial charge in [-0.05, 0) is 70.1 Å². The zero-order chi connectivity index (χ0) is 14.6. The molecule has 0 aliphatic carbocycles. The SMILES string of the molecule is CC(C)CN1CCC(CN)(N2CCCC(C)CC2)CC1. The first kappa shape index (κ1) is 16.3. The average molecular weight is 281 g/mol. The van der Waals surface area contributed by atoms with Crippen LogP contribution in [0.5, 0.6) is 0 Å². The Hall–Kier alpha value is -0.120. The summed E-state index contributed by atoms with van der Waals surface area (Å²) in [4.78, 5) is 5.39. The third-order valence-corrected chi connectivity index (χ3v) is 5.48. The Labute approximate surface area is 125 Å². The quantitative estimate of drug-likeness (QED) is 0.859. The first-order chi connectivity index (χ1) is 9.55. The van der Waals surface area contributed by atoms with Crippen LogP contribution in [0.25, 0.3) is 0 Å². The molecular formula is C17H35N3. The molecular weight excluding hydrogens is 246 g/mol. The van der Waals surface area contributed by atoms with E-state index in [-0.39, 0.29) is 0 Å². The number of nitrogens with two attached hydrogens (primary N) is 1. The highest BCUT2D eigenvalue weighted by atomic mass is 15.2. The highest BCUT2D eigenvalue weighted by molar-refractivity contribution is 4.97. The number of rotatable bonds is 4. The molecule has 0 aromatic heterocycles. The Kier molecular flexibility index (Phi) is 5.88. The molecule has 2 heterocycles. The maximum atomic E-state index is 6.24. The Morgan fingerprint density at radius 1 is 1.10 bits per heavy atom. The summed E-state index contributed by atoms with van der Waals surface area (Å²) in [6, 6.07) is 0. The highest BCUT2D eigenvalue weighted by Gasteiger charge is 2.39. The zero-order valence-electron chi connectivity index (χ0n) is 13.9. The van der Waals surface area contributed by atoms with Crippen LogP contribution in [0, 0.1) is 11.8 Å². The van der Waals surface area contributed by atoms with Crippen LogP contribution < -0.4 is 5.73 Å². The van der Waals surface area contributed by atoms with Gasteiger partial charge in [-0.2, -0.15) is 0 Å². The van der Waals surface area contributed by atoms with E-state index in [0.29, 0.717) is 5.54 Å². The molecule has 1 unspecified atom stereocenters. The number of hydrogen-bond acceptors (Lipinski definition) is 3. The summed E-state index contributed by atoms with van der Waals surface area (Å²) >= 11 is 0. The van der Waals surface area contributed by atoms with Gasteiger partial charge in [-0.1, -0.05) is 20.8 Å². The molecule has 2 aliphatic rings. The highest BCUT2D eigenvalue weighted by Crippen LogP contribution is 2.31. The van der Waals surface area contributed by atoms with Crippen LogP contribution in [0.2, 0.25) is 0 Å². The van der Waals surface area contributed by atoms with E-state index in [2.05, 4.69) is 30.6 Å². The zero-order valence-corrected chi connectivity index (χ0v) is 13.9. The Morgan fingerprint density at radius 2 is 1.80 bits per heavy atom. The minimum Gasteiger partial charge on any atom is -0.329 e. The van der Waals surface area contributed by atoms with E-state index in [1.165, 1.54) is 64.8 Å². The minimum absolute atomic E-state index is 0.303. The van der Waals surface area contributed by atoms with E-state index in [1.807, 2.05) is 0 Å². The van der Waals surface area contributed by atoms with Gasteiger partial charge in [0.2, 0.25) is 0 Å². The van der Waals surface area contributed by atoms with Gasteiger partial charge in [-0.25, -0.2) is 0 Å². The van der Waals surface area contributed by atoms with Gasteiger partial charge < -0.3 is 10.6 Å². The maximum absolute atomic E-state index is 6.24. The Bertz CT molecular complexity index is 282. The molecule has 118 valence electrons. The topological polar surface area (TPSA) is 32.5 Å². The molecule has 20 heavy (non-hydrogen) atoms. The van der Waals surface area contributed by atoms with E-state index >= 15 is 0 Å². The van der Waals surface area contributed by atoms with Crippen molar-refractivity contribution >= 4 is 0 Å². The summed E-state index contributed by atoms with van der Waals surface area (Å²) in [5.74, 6) is 1.68. The van der Waals surface area contributed by atoms with Crippen LogP contribution in [0.1, 0.15) is 52.9 Å². The summed E-state index contributed by atoms with van der Waals surface area (Å²) < 4.78 is 0. The Balaban J connectivity index is 1.93. The molecule has 2 saturated heterocycles. The maximum Gasteiger partial charge on any atom is 0.0356 e. The molecule has 0 bridgehead atoms. The van der Waals surface area contributed by atoms with Gasteiger partial charge in [-0.15, -0.1) is 0 Å². The van der Waals surface area contributed by atoms with Gasteiger partial charge in [0.1, 0.15) is 0 Å². The summed E-state index contributed by atoms with van der Waals surface area (Å²) in [7, 11) is 0. The molecule has 0 aromatic rings. The number of hydrogen-bond donors (Lipinski definition) is 1. The second-order valence-corrected chi connectivity index (χ2v) is 7.65. The lowest BCUT2D eigenvalue weighted by atomic mass is 9.85. The lowest BCUT2D eigenvalue weighted by Crippen LogP contribution is -2.59. The van der Waals surface area contributed by atoms with E-state index in [4.69, 9.17) is 5.73 Å². The van der Waals surface area contributed by atoms with Crippen molar-refractivity contribution in [1.29, 1.82) is 0 Å². The molecule has 2 fully saturated rings. The molecule has 2 rings (SSSR count). The van der Waals surface area contributed by atoms with Crippen molar-refractivity contribution in [2.24, 2.45) is 17.6 Å². The fraction of sp³-hybridized carbons (Fsp3) is 1.00. The largest absolute Gasteiger partial charge is 0.329 e. The van der Waals surface area contributed by atoms with Crippen LogP contribution in [-0.2, 0) is 0 Å². The summed E-state index contributed by atoms with van der Waals surface area (Å²) in [5.41, 5.74) is 6.54. The molecule has 0 radical (unpaired) electrons. The molecule has 0 saturated carbocycles. The van der Waals surface area contributed by atoms with E-state index in [9.17, 15) is 0 Å². The lowest BCUT2D eigenvalue weighted by Gasteiger charge is -2.48. The molecule has 2 N–H and O–H groups in total. The van der Waals surface area contributed by atoms with Crippen molar-refractivity contribution in [3.63, 3.8) is 0 Å². The van der Waals surface area contributed by atoms with Crippen molar-refractivity contribution in [1.82, 2.24) is 9.80 Å². The number of nitrogens with zero attached hydrogens (tertiary/aromatic N) is 2. The standard InChI is InChI=1S/C17H35N3/c1-15(2)13-19-11-7-17(14-18,8-12-19)20-9-4-5-16(3)6-10-20/h15-16H,4-14,18H2,1-3H3.